The number of urea groups is 1. The Kier molecular flexibility index (Phi) is 4.58. The monoisotopic (exact) mass is 319 g/mol. The summed E-state index contributed by atoms with van der Waals surface area (Å²) < 4.78 is 0. The van der Waals surface area contributed by atoms with Crippen LogP contribution in [0.2, 0.25) is 0 Å². The summed E-state index contributed by atoms with van der Waals surface area (Å²) in [5.41, 5.74) is 0.206. The third-order valence-corrected chi connectivity index (χ3v) is 3.64. The number of benzene rings is 1. The zero-order chi connectivity index (χ0) is 17.2. The number of carbonyl (C=O) groups is 3. The van der Waals surface area contributed by atoms with Gasteiger partial charge in [0.15, 0.2) is 0 Å². The molecule has 1 aromatic carbocycles. The molecule has 23 heavy (non-hydrogen) atoms. The lowest BCUT2D eigenvalue weighted by Crippen LogP contribution is -2.45. The number of hydrogen-bond acceptors (Lipinski definition) is 3. The molecule has 1 heterocycles. The number of nitrogens with zero attached hydrogens (tertiary/aromatic N) is 1. The second-order valence-electron chi connectivity index (χ2n) is 6.56. The van der Waals surface area contributed by atoms with Gasteiger partial charge in [0.05, 0.1) is 11.6 Å². The number of aromatic carboxylic acids is 1. The Bertz CT molecular complexity index is 636. The van der Waals surface area contributed by atoms with Crippen LogP contribution < -0.4 is 10.6 Å². The van der Waals surface area contributed by atoms with Gasteiger partial charge in [-0.2, -0.15) is 0 Å². The molecule has 1 aliphatic heterocycles. The highest BCUT2D eigenvalue weighted by molar-refractivity contribution is 5.93. The van der Waals surface area contributed by atoms with Crippen molar-refractivity contribution in [1.82, 2.24) is 10.2 Å². The first-order valence-electron chi connectivity index (χ1n) is 7.38. The van der Waals surface area contributed by atoms with Crippen molar-refractivity contribution in [3.05, 3.63) is 29.8 Å². The Hall–Kier alpha value is -2.57. The van der Waals surface area contributed by atoms with E-state index in [1.165, 1.54) is 12.1 Å². The van der Waals surface area contributed by atoms with Crippen LogP contribution in [0.5, 0.6) is 0 Å². The molecule has 124 valence electrons. The van der Waals surface area contributed by atoms with Gasteiger partial charge in [-0.15, -0.1) is 0 Å². The number of carboxylic acid groups (broad SMARTS) is 1. The fraction of sp³-hybridized carbons (Fsp3) is 0.438. The van der Waals surface area contributed by atoms with Gasteiger partial charge in [0.1, 0.15) is 0 Å². The molecule has 1 fully saturated rings. The first kappa shape index (κ1) is 16.8. The van der Waals surface area contributed by atoms with E-state index < -0.39 is 12.0 Å². The van der Waals surface area contributed by atoms with Crippen LogP contribution in [0.1, 0.15) is 37.6 Å². The Balaban J connectivity index is 1.95. The van der Waals surface area contributed by atoms with Crippen LogP contribution >= 0.6 is 0 Å². The molecule has 1 aliphatic rings. The topological polar surface area (TPSA) is 98.7 Å². The number of carboxylic acids is 1. The molecule has 1 saturated heterocycles. The standard InChI is InChI=1S/C16H21N3O4/c1-16(2,3)19-9-12(8-13(19)20)18-15(23)17-11-6-4-5-10(7-11)14(21)22/h4-7,12H,8-9H2,1-3H3,(H,21,22)(H2,17,18,23). The Morgan fingerprint density at radius 3 is 2.57 bits per heavy atom. The van der Waals surface area contributed by atoms with Crippen LogP contribution in [0, 0.1) is 0 Å². The highest BCUT2D eigenvalue weighted by Gasteiger charge is 2.36. The number of nitrogens with one attached hydrogen (secondary N) is 2. The van der Waals surface area contributed by atoms with Gasteiger partial charge in [-0.1, -0.05) is 6.07 Å². The molecule has 3 amide bonds. The quantitative estimate of drug-likeness (QED) is 0.792. The first-order chi connectivity index (χ1) is 10.7. The van der Waals surface area contributed by atoms with Gasteiger partial charge in [0.2, 0.25) is 5.91 Å². The van der Waals surface area contributed by atoms with Crippen molar-refractivity contribution < 1.29 is 19.5 Å². The van der Waals surface area contributed by atoms with Crippen molar-refractivity contribution in [1.29, 1.82) is 0 Å². The summed E-state index contributed by atoms with van der Waals surface area (Å²) in [6.07, 6.45) is 0.264. The maximum absolute atomic E-state index is 12.0. The van der Waals surface area contributed by atoms with E-state index in [9.17, 15) is 14.4 Å². The molecule has 0 aliphatic carbocycles. The molecule has 0 bridgehead atoms. The summed E-state index contributed by atoms with van der Waals surface area (Å²) >= 11 is 0. The predicted octanol–water partition coefficient (Wildman–Crippen LogP) is 1.91. The van der Waals surface area contributed by atoms with Crippen molar-refractivity contribution in [3.8, 4) is 0 Å². The molecule has 1 atom stereocenters. The SMILES string of the molecule is CC(C)(C)N1CC(NC(=O)Nc2cccc(C(=O)O)c2)CC1=O. The van der Waals surface area contributed by atoms with E-state index in [0.717, 1.165) is 0 Å². The molecule has 7 heteroatoms. The zero-order valence-electron chi connectivity index (χ0n) is 13.4. The number of amides is 3. The van der Waals surface area contributed by atoms with Crippen molar-refractivity contribution in [2.75, 3.05) is 11.9 Å². The molecule has 0 saturated carbocycles. The van der Waals surface area contributed by atoms with Crippen molar-refractivity contribution in [3.63, 3.8) is 0 Å². The predicted molar refractivity (Wildman–Crippen MR) is 85.4 cm³/mol. The molecule has 0 spiro atoms. The summed E-state index contributed by atoms with van der Waals surface area (Å²) in [6, 6.07) is 5.27. The summed E-state index contributed by atoms with van der Waals surface area (Å²) in [5.74, 6) is -1.05. The van der Waals surface area contributed by atoms with Gasteiger partial charge in [-0.05, 0) is 39.0 Å². The number of rotatable bonds is 3. The van der Waals surface area contributed by atoms with Gasteiger partial charge >= 0.3 is 12.0 Å². The third kappa shape index (κ3) is 4.21. The average molecular weight is 319 g/mol. The summed E-state index contributed by atoms with van der Waals surface area (Å²) in [5, 5.41) is 14.3. The van der Waals surface area contributed by atoms with Gasteiger partial charge in [-0.25, -0.2) is 9.59 Å². The van der Waals surface area contributed by atoms with Gasteiger partial charge in [0, 0.05) is 24.2 Å². The summed E-state index contributed by atoms with van der Waals surface area (Å²) in [4.78, 5) is 36.6. The minimum atomic E-state index is -1.06. The Labute approximate surface area is 134 Å². The van der Waals surface area contributed by atoms with Crippen LogP contribution in [0.15, 0.2) is 24.3 Å². The number of carbonyl (C=O) groups excluding carboxylic acids is 2. The molecule has 0 aromatic heterocycles. The Morgan fingerprint density at radius 1 is 1.30 bits per heavy atom. The number of likely N-dealkylation sites (tertiary alicyclic amines) is 1. The largest absolute Gasteiger partial charge is 0.478 e. The summed E-state index contributed by atoms with van der Waals surface area (Å²) in [7, 11) is 0. The second-order valence-corrected chi connectivity index (χ2v) is 6.56. The first-order valence-corrected chi connectivity index (χ1v) is 7.38. The minimum Gasteiger partial charge on any atom is -0.478 e. The smallest absolute Gasteiger partial charge is 0.335 e. The van der Waals surface area contributed by atoms with E-state index in [1.807, 2.05) is 20.8 Å². The lowest BCUT2D eigenvalue weighted by Gasteiger charge is -2.32. The van der Waals surface area contributed by atoms with Crippen molar-refractivity contribution >= 4 is 23.6 Å². The van der Waals surface area contributed by atoms with Crippen LogP contribution in [0.3, 0.4) is 0 Å². The lowest BCUT2D eigenvalue weighted by atomic mass is 10.1. The molecule has 3 N–H and O–H groups in total. The molecule has 1 unspecified atom stereocenters. The maximum atomic E-state index is 12.0. The number of hydrogen-bond donors (Lipinski definition) is 3. The van der Waals surface area contributed by atoms with Crippen molar-refractivity contribution in [2.24, 2.45) is 0 Å². The van der Waals surface area contributed by atoms with E-state index in [-0.39, 0.29) is 29.5 Å². The molecular formula is C16H21N3O4. The number of anilines is 1. The minimum absolute atomic E-state index is 0.00988. The lowest BCUT2D eigenvalue weighted by molar-refractivity contribution is -0.131. The highest BCUT2D eigenvalue weighted by Crippen LogP contribution is 2.22. The summed E-state index contributed by atoms with van der Waals surface area (Å²) in [6.45, 7) is 6.31. The molecule has 0 radical (unpaired) electrons. The van der Waals surface area contributed by atoms with Gasteiger partial charge < -0.3 is 20.6 Å². The van der Waals surface area contributed by atoms with E-state index in [2.05, 4.69) is 10.6 Å². The third-order valence-electron chi connectivity index (χ3n) is 3.64. The van der Waals surface area contributed by atoms with Crippen LogP contribution in [0.25, 0.3) is 0 Å². The Morgan fingerprint density at radius 2 is 2.00 bits per heavy atom. The molecule has 2 rings (SSSR count). The second kappa shape index (κ2) is 6.28. The van der Waals surface area contributed by atoms with E-state index in [0.29, 0.717) is 12.2 Å². The molecule has 1 aromatic rings. The van der Waals surface area contributed by atoms with Crippen LogP contribution in [-0.2, 0) is 4.79 Å². The highest BCUT2D eigenvalue weighted by atomic mass is 16.4. The van der Waals surface area contributed by atoms with Gasteiger partial charge in [0.25, 0.3) is 0 Å². The van der Waals surface area contributed by atoms with E-state index in [4.69, 9.17) is 5.11 Å². The molecular weight excluding hydrogens is 298 g/mol. The van der Waals surface area contributed by atoms with Crippen molar-refractivity contribution in [2.45, 2.75) is 38.8 Å². The fourth-order valence-corrected chi connectivity index (χ4v) is 2.53. The fourth-order valence-electron chi connectivity index (χ4n) is 2.53. The molecule has 7 nitrogen and oxygen atoms in total. The zero-order valence-corrected chi connectivity index (χ0v) is 13.4. The average Bonchev–Trinajstić information content (AvgIpc) is 2.79. The van der Waals surface area contributed by atoms with Crippen LogP contribution in [-0.4, -0.2) is 46.0 Å². The van der Waals surface area contributed by atoms with Gasteiger partial charge in [-0.3, -0.25) is 4.79 Å². The van der Waals surface area contributed by atoms with Crippen LogP contribution in [0.4, 0.5) is 10.5 Å². The van der Waals surface area contributed by atoms with E-state index in [1.54, 1.807) is 17.0 Å². The van der Waals surface area contributed by atoms with E-state index >= 15 is 0 Å². The normalized spacial score (nSPS) is 18.0. The maximum Gasteiger partial charge on any atom is 0.335 e.